The third kappa shape index (κ3) is 1.87. The fourth-order valence-electron chi connectivity index (χ4n) is 4.40. The van der Waals surface area contributed by atoms with Crippen LogP contribution in [0.3, 0.4) is 0 Å². The molecule has 4 atom stereocenters. The molecular weight excluding hydrogens is 270 g/mol. The first-order valence-electron chi connectivity index (χ1n) is 7.96. The van der Waals surface area contributed by atoms with E-state index in [2.05, 4.69) is 47.5 Å². The highest BCUT2D eigenvalue weighted by Gasteiger charge is 2.52. The van der Waals surface area contributed by atoms with E-state index < -0.39 is 0 Å². The van der Waals surface area contributed by atoms with Crippen LogP contribution in [0.15, 0.2) is 66.9 Å². The zero-order chi connectivity index (χ0) is 15.0. The minimum Gasteiger partial charge on any atom is -0.303 e. The minimum atomic E-state index is -0.238. The van der Waals surface area contributed by atoms with E-state index in [1.54, 1.807) is 0 Å². The number of fused-ring (bicyclic) bond motifs is 2. The summed E-state index contributed by atoms with van der Waals surface area (Å²) in [6.07, 6.45) is 9.70. The van der Waals surface area contributed by atoms with Crippen LogP contribution < -0.4 is 0 Å². The van der Waals surface area contributed by atoms with Crippen LogP contribution in [0.25, 0.3) is 0 Å². The van der Waals surface area contributed by atoms with Gasteiger partial charge in [-0.2, -0.15) is 0 Å². The zero-order valence-electron chi connectivity index (χ0n) is 12.4. The lowest BCUT2D eigenvalue weighted by molar-refractivity contribution is -0.115. The summed E-state index contributed by atoms with van der Waals surface area (Å²) in [5.74, 6) is 0.691. The number of carbonyl (C=O) groups is 1. The number of allylic oxidation sites excluding steroid dienone is 2. The van der Waals surface area contributed by atoms with Gasteiger partial charge in [-0.3, -0.25) is 4.98 Å². The fraction of sp³-hybridized carbons (Fsp3) is 0.300. The first-order chi connectivity index (χ1) is 10.8. The Balaban J connectivity index is 1.85. The molecule has 0 amide bonds. The molecule has 0 N–H and O–H groups in total. The highest BCUT2D eigenvalue weighted by Crippen LogP contribution is 2.56. The maximum Gasteiger partial charge on any atom is 0.124 e. The van der Waals surface area contributed by atoms with E-state index in [1.165, 1.54) is 11.8 Å². The average Bonchev–Trinajstić information content (AvgIpc) is 2.63. The first-order valence-corrected chi connectivity index (χ1v) is 7.96. The van der Waals surface area contributed by atoms with Crippen LogP contribution in [0, 0.1) is 11.8 Å². The topological polar surface area (TPSA) is 30.0 Å². The van der Waals surface area contributed by atoms with Crippen LogP contribution in [0.4, 0.5) is 0 Å². The Morgan fingerprint density at radius 3 is 2.55 bits per heavy atom. The molecule has 22 heavy (non-hydrogen) atoms. The predicted octanol–water partition coefficient (Wildman–Crippen LogP) is 3.90. The number of hydrogen-bond donors (Lipinski definition) is 0. The molecule has 1 fully saturated rings. The minimum absolute atomic E-state index is 0.0338. The Morgan fingerprint density at radius 2 is 1.91 bits per heavy atom. The van der Waals surface area contributed by atoms with Gasteiger partial charge in [0.05, 0.1) is 5.69 Å². The molecule has 110 valence electrons. The lowest BCUT2D eigenvalue weighted by atomic mass is 9.52. The number of aromatic nitrogens is 1. The van der Waals surface area contributed by atoms with Crippen molar-refractivity contribution in [1.82, 2.24) is 4.98 Å². The number of aldehydes is 1. The molecule has 1 saturated carbocycles. The van der Waals surface area contributed by atoms with Crippen LogP contribution in [-0.4, -0.2) is 11.3 Å². The maximum atomic E-state index is 12.1. The second kappa shape index (κ2) is 5.20. The van der Waals surface area contributed by atoms with Crippen LogP contribution in [0.5, 0.6) is 0 Å². The molecule has 3 aliphatic rings. The van der Waals surface area contributed by atoms with Crippen molar-refractivity contribution in [2.75, 3.05) is 0 Å². The van der Waals surface area contributed by atoms with Gasteiger partial charge in [0.25, 0.3) is 0 Å². The van der Waals surface area contributed by atoms with E-state index in [1.807, 2.05) is 24.4 Å². The molecule has 1 aromatic heterocycles. The van der Waals surface area contributed by atoms with Gasteiger partial charge in [0.1, 0.15) is 6.29 Å². The molecule has 0 radical (unpaired) electrons. The predicted molar refractivity (Wildman–Crippen MR) is 86.5 cm³/mol. The van der Waals surface area contributed by atoms with Crippen molar-refractivity contribution in [3.63, 3.8) is 0 Å². The largest absolute Gasteiger partial charge is 0.303 e. The van der Waals surface area contributed by atoms with Gasteiger partial charge in [-0.1, -0.05) is 48.6 Å². The van der Waals surface area contributed by atoms with Crippen molar-refractivity contribution in [2.45, 2.75) is 24.2 Å². The molecule has 2 heteroatoms. The molecule has 2 bridgehead atoms. The molecule has 1 aromatic carbocycles. The average molecular weight is 289 g/mol. The summed E-state index contributed by atoms with van der Waals surface area (Å²) in [7, 11) is 0. The molecule has 3 aliphatic carbocycles. The third-order valence-corrected chi connectivity index (χ3v) is 5.45. The molecule has 0 spiro atoms. The van der Waals surface area contributed by atoms with Gasteiger partial charge in [0.15, 0.2) is 0 Å². The van der Waals surface area contributed by atoms with Crippen molar-refractivity contribution < 1.29 is 4.79 Å². The molecule has 5 rings (SSSR count). The fourth-order valence-corrected chi connectivity index (χ4v) is 4.40. The zero-order valence-corrected chi connectivity index (χ0v) is 12.4. The number of benzene rings is 1. The second-order valence-electron chi connectivity index (χ2n) is 6.42. The van der Waals surface area contributed by atoms with Gasteiger partial charge in [-0.25, -0.2) is 0 Å². The van der Waals surface area contributed by atoms with Crippen LogP contribution in [0.1, 0.15) is 30.0 Å². The molecular formula is C20H19NO. The summed E-state index contributed by atoms with van der Waals surface area (Å²) in [6.45, 7) is 0. The van der Waals surface area contributed by atoms with Gasteiger partial charge in [-0.05, 0) is 36.5 Å². The normalized spacial score (nSPS) is 32.8. The Bertz CT molecular complexity index is 694. The smallest absolute Gasteiger partial charge is 0.124 e. The molecule has 2 aromatic rings. The molecule has 0 saturated heterocycles. The summed E-state index contributed by atoms with van der Waals surface area (Å²) < 4.78 is 0. The summed E-state index contributed by atoms with van der Waals surface area (Å²) >= 11 is 0. The van der Waals surface area contributed by atoms with Gasteiger partial charge in [-0.15, -0.1) is 0 Å². The Kier molecular flexibility index (Phi) is 3.18. The molecule has 1 heterocycles. The van der Waals surface area contributed by atoms with Gasteiger partial charge >= 0.3 is 0 Å². The van der Waals surface area contributed by atoms with Crippen molar-refractivity contribution in [3.05, 3.63) is 78.1 Å². The van der Waals surface area contributed by atoms with E-state index >= 15 is 0 Å². The van der Waals surface area contributed by atoms with Crippen molar-refractivity contribution in [3.8, 4) is 0 Å². The Labute approximate surface area is 130 Å². The second-order valence-corrected chi connectivity index (χ2v) is 6.42. The molecule has 0 aliphatic heterocycles. The number of hydrogen-bond acceptors (Lipinski definition) is 2. The van der Waals surface area contributed by atoms with Crippen molar-refractivity contribution >= 4 is 6.29 Å². The van der Waals surface area contributed by atoms with Crippen molar-refractivity contribution in [1.29, 1.82) is 0 Å². The SMILES string of the molecule is O=CC1C(c2ccccc2)C2C=CC1(c1ccccn1)CC2. The maximum absolute atomic E-state index is 12.1. The van der Waals surface area contributed by atoms with Gasteiger partial charge in [0, 0.05) is 23.4 Å². The van der Waals surface area contributed by atoms with Crippen molar-refractivity contribution in [2.24, 2.45) is 11.8 Å². The first kappa shape index (κ1) is 13.4. The quantitative estimate of drug-likeness (QED) is 0.633. The van der Waals surface area contributed by atoms with Gasteiger partial charge in [0.2, 0.25) is 0 Å². The van der Waals surface area contributed by atoms with E-state index in [0.29, 0.717) is 5.92 Å². The Morgan fingerprint density at radius 1 is 1.09 bits per heavy atom. The Hall–Kier alpha value is -2.22. The number of nitrogens with zero attached hydrogens (tertiary/aromatic N) is 1. The summed E-state index contributed by atoms with van der Waals surface area (Å²) in [5, 5.41) is 0. The van der Waals surface area contributed by atoms with E-state index in [-0.39, 0.29) is 17.3 Å². The van der Waals surface area contributed by atoms with Gasteiger partial charge < -0.3 is 4.79 Å². The molecule has 2 nitrogen and oxygen atoms in total. The van der Waals surface area contributed by atoms with E-state index in [9.17, 15) is 4.79 Å². The monoisotopic (exact) mass is 289 g/mol. The highest BCUT2D eigenvalue weighted by atomic mass is 16.1. The number of rotatable bonds is 3. The van der Waals surface area contributed by atoms with Crippen LogP contribution >= 0.6 is 0 Å². The van der Waals surface area contributed by atoms with Crippen LogP contribution in [-0.2, 0) is 10.2 Å². The van der Waals surface area contributed by atoms with Crippen LogP contribution in [0.2, 0.25) is 0 Å². The summed E-state index contributed by atoms with van der Waals surface area (Å²) in [4.78, 5) is 16.6. The summed E-state index contributed by atoms with van der Waals surface area (Å²) in [6, 6.07) is 16.5. The highest BCUT2D eigenvalue weighted by molar-refractivity contribution is 5.63. The standard InChI is InChI=1S/C20H19NO/c22-14-17-19(15-6-2-1-3-7-15)16-9-11-20(17,12-10-16)18-8-4-5-13-21-18/h1-9,11,13-14,16-17,19H,10,12H2. The number of carbonyl (C=O) groups excluding carboxylic acids is 1. The number of pyridine rings is 1. The third-order valence-electron chi connectivity index (χ3n) is 5.45. The summed E-state index contributed by atoms with van der Waals surface area (Å²) in [5.41, 5.74) is 2.06. The van der Waals surface area contributed by atoms with E-state index in [0.717, 1.165) is 18.5 Å². The molecule has 4 unspecified atom stereocenters. The lowest BCUT2D eigenvalue weighted by Gasteiger charge is -2.51. The van der Waals surface area contributed by atoms with E-state index in [4.69, 9.17) is 0 Å². The lowest BCUT2D eigenvalue weighted by Crippen LogP contribution is -2.48.